The SMILES string of the molecule is O=C(N1CCN(S(=O)(=O)c2ccccc2)CC1)C(F)(F)F. The summed E-state index contributed by atoms with van der Waals surface area (Å²) in [5.41, 5.74) is 0. The van der Waals surface area contributed by atoms with Gasteiger partial charge in [0.15, 0.2) is 0 Å². The molecule has 1 amide bonds. The molecule has 0 unspecified atom stereocenters. The minimum atomic E-state index is -4.93. The van der Waals surface area contributed by atoms with Crippen molar-refractivity contribution in [3.8, 4) is 0 Å². The van der Waals surface area contributed by atoms with Crippen molar-refractivity contribution in [1.29, 1.82) is 0 Å². The van der Waals surface area contributed by atoms with Gasteiger partial charge in [0, 0.05) is 26.2 Å². The monoisotopic (exact) mass is 322 g/mol. The van der Waals surface area contributed by atoms with E-state index >= 15 is 0 Å². The molecule has 1 fully saturated rings. The third-order valence-electron chi connectivity index (χ3n) is 3.15. The molecule has 1 saturated heterocycles. The first kappa shape index (κ1) is 15.8. The lowest BCUT2D eigenvalue weighted by Gasteiger charge is -2.34. The molecular formula is C12H13F3N2O3S. The number of amides is 1. The average Bonchev–Trinajstić information content (AvgIpc) is 2.46. The lowest BCUT2D eigenvalue weighted by molar-refractivity contribution is -0.186. The largest absolute Gasteiger partial charge is 0.471 e. The second-order valence-electron chi connectivity index (χ2n) is 4.51. The van der Waals surface area contributed by atoms with E-state index in [4.69, 9.17) is 0 Å². The van der Waals surface area contributed by atoms with E-state index in [0.29, 0.717) is 4.90 Å². The Labute approximate surface area is 120 Å². The molecule has 0 spiro atoms. The molecule has 1 aromatic rings. The number of rotatable bonds is 2. The summed E-state index contributed by atoms with van der Waals surface area (Å²) >= 11 is 0. The number of benzene rings is 1. The summed E-state index contributed by atoms with van der Waals surface area (Å²) in [6.07, 6.45) is -4.93. The highest BCUT2D eigenvalue weighted by Gasteiger charge is 2.44. The topological polar surface area (TPSA) is 57.7 Å². The van der Waals surface area contributed by atoms with Crippen molar-refractivity contribution in [2.24, 2.45) is 0 Å². The minimum absolute atomic E-state index is 0.0839. The highest BCUT2D eigenvalue weighted by atomic mass is 32.2. The van der Waals surface area contributed by atoms with E-state index in [-0.39, 0.29) is 31.1 Å². The first-order valence-electron chi connectivity index (χ1n) is 6.14. The first-order valence-corrected chi connectivity index (χ1v) is 7.58. The molecule has 1 aliphatic rings. The lowest BCUT2D eigenvalue weighted by Crippen LogP contribution is -2.53. The fourth-order valence-electron chi connectivity index (χ4n) is 2.05. The fourth-order valence-corrected chi connectivity index (χ4v) is 3.50. The standard InChI is InChI=1S/C12H13F3N2O3S/c13-12(14,15)11(18)16-6-8-17(9-7-16)21(19,20)10-4-2-1-3-5-10/h1-5H,6-9H2. The molecule has 1 heterocycles. The molecule has 0 N–H and O–H groups in total. The van der Waals surface area contributed by atoms with Crippen LogP contribution < -0.4 is 0 Å². The molecule has 0 saturated carbocycles. The third kappa shape index (κ3) is 3.35. The molecule has 0 bridgehead atoms. The summed E-state index contributed by atoms with van der Waals surface area (Å²) < 4.78 is 62.5. The maximum absolute atomic E-state index is 12.3. The molecule has 0 aromatic heterocycles. The summed E-state index contributed by atoms with van der Waals surface area (Å²) in [4.78, 5) is 11.8. The Morgan fingerprint density at radius 3 is 2.00 bits per heavy atom. The van der Waals surface area contributed by atoms with Crippen LogP contribution in [0.3, 0.4) is 0 Å². The van der Waals surface area contributed by atoms with Crippen molar-refractivity contribution >= 4 is 15.9 Å². The average molecular weight is 322 g/mol. The zero-order chi connectivity index (χ0) is 15.7. The van der Waals surface area contributed by atoms with Crippen molar-refractivity contribution in [3.05, 3.63) is 30.3 Å². The second kappa shape index (κ2) is 5.64. The summed E-state index contributed by atoms with van der Waals surface area (Å²) in [5, 5.41) is 0. The molecule has 0 atom stereocenters. The zero-order valence-electron chi connectivity index (χ0n) is 10.9. The molecule has 116 valence electrons. The van der Waals surface area contributed by atoms with E-state index in [9.17, 15) is 26.4 Å². The van der Waals surface area contributed by atoms with E-state index in [0.717, 1.165) is 4.31 Å². The highest BCUT2D eigenvalue weighted by molar-refractivity contribution is 7.89. The van der Waals surface area contributed by atoms with E-state index < -0.39 is 22.1 Å². The van der Waals surface area contributed by atoms with Gasteiger partial charge in [-0.2, -0.15) is 17.5 Å². The van der Waals surface area contributed by atoms with Crippen molar-refractivity contribution in [2.75, 3.05) is 26.2 Å². The zero-order valence-corrected chi connectivity index (χ0v) is 11.7. The van der Waals surface area contributed by atoms with Crippen molar-refractivity contribution < 1.29 is 26.4 Å². The first-order chi connectivity index (χ1) is 9.73. The van der Waals surface area contributed by atoms with E-state index in [2.05, 4.69) is 0 Å². The Bertz CT molecular complexity index is 608. The van der Waals surface area contributed by atoms with Gasteiger partial charge in [-0.05, 0) is 12.1 Å². The van der Waals surface area contributed by atoms with Crippen LogP contribution in [0, 0.1) is 0 Å². The number of hydrogen-bond acceptors (Lipinski definition) is 3. The van der Waals surface area contributed by atoms with Crippen molar-refractivity contribution in [2.45, 2.75) is 11.1 Å². The Balaban J connectivity index is 2.07. The highest BCUT2D eigenvalue weighted by Crippen LogP contribution is 2.21. The van der Waals surface area contributed by atoms with Gasteiger partial charge < -0.3 is 4.90 Å². The van der Waals surface area contributed by atoms with Crippen LogP contribution in [-0.2, 0) is 14.8 Å². The number of piperazine rings is 1. The van der Waals surface area contributed by atoms with Crippen LogP contribution in [0.25, 0.3) is 0 Å². The smallest absolute Gasteiger partial charge is 0.332 e. The fraction of sp³-hybridized carbons (Fsp3) is 0.417. The van der Waals surface area contributed by atoms with E-state index in [1.807, 2.05) is 0 Å². The predicted molar refractivity (Wildman–Crippen MR) is 67.8 cm³/mol. The maximum Gasteiger partial charge on any atom is 0.471 e. The molecule has 2 rings (SSSR count). The number of alkyl halides is 3. The predicted octanol–water partition coefficient (Wildman–Crippen LogP) is 1.08. The van der Waals surface area contributed by atoms with Crippen molar-refractivity contribution in [3.63, 3.8) is 0 Å². The quantitative estimate of drug-likeness (QED) is 0.819. The van der Waals surface area contributed by atoms with Gasteiger partial charge in [0.05, 0.1) is 4.90 Å². The van der Waals surface area contributed by atoms with Crippen molar-refractivity contribution in [1.82, 2.24) is 9.21 Å². The van der Waals surface area contributed by atoms with Gasteiger partial charge in [0.1, 0.15) is 0 Å². The Morgan fingerprint density at radius 1 is 1.00 bits per heavy atom. The second-order valence-corrected chi connectivity index (χ2v) is 6.45. The number of sulfonamides is 1. The Morgan fingerprint density at radius 2 is 1.52 bits per heavy atom. The summed E-state index contributed by atoms with van der Waals surface area (Å²) in [5.74, 6) is -1.93. The van der Waals surface area contributed by atoms with Gasteiger partial charge in [0.25, 0.3) is 0 Å². The molecule has 1 aromatic carbocycles. The number of halogens is 3. The normalized spacial score (nSPS) is 17.8. The Kier molecular flexibility index (Phi) is 4.24. The number of hydrogen-bond donors (Lipinski definition) is 0. The van der Waals surface area contributed by atoms with Crippen LogP contribution in [0.2, 0.25) is 0 Å². The van der Waals surface area contributed by atoms with Crippen LogP contribution >= 0.6 is 0 Å². The molecule has 0 aliphatic carbocycles. The summed E-state index contributed by atoms with van der Waals surface area (Å²) in [7, 11) is -3.73. The van der Waals surface area contributed by atoms with E-state index in [1.54, 1.807) is 18.2 Å². The minimum Gasteiger partial charge on any atom is -0.332 e. The summed E-state index contributed by atoms with van der Waals surface area (Å²) in [6, 6.07) is 7.64. The van der Waals surface area contributed by atoms with Gasteiger partial charge in [-0.25, -0.2) is 8.42 Å². The number of carbonyl (C=O) groups is 1. The maximum atomic E-state index is 12.3. The van der Waals surface area contributed by atoms with Gasteiger partial charge in [0.2, 0.25) is 10.0 Å². The summed E-state index contributed by atoms with van der Waals surface area (Å²) in [6.45, 7) is -0.854. The van der Waals surface area contributed by atoms with Crippen LogP contribution in [0.4, 0.5) is 13.2 Å². The lowest BCUT2D eigenvalue weighted by atomic mass is 10.3. The van der Waals surface area contributed by atoms with Gasteiger partial charge >= 0.3 is 12.1 Å². The molecule has 21 heavy (non-hydrogen) atoms. The van der Waals surface area contributed by atoms with Gasteiger partial charge in [-0.15, -0.1) is 0 Å². The molecule has 0 radical (unpaired) electrons. The molecule has 9 heteroatoms. The number of nitrogens with zero attached hydrogens (tertiary/aromatic N) is 2. The molecule has 1 aliphatic heterocycles. The van der Waals surface area contributed by atoms with Crippen LogP contribution in [-0.4, -0.2) is 55.9 Å². The molecular weight excluding hydrogens is 309 g/mol. The van der Waals surface area contributed by atoms with Crippen LogP contribution in [0.15, 0.2) is 35.2 Å². The van der Waals surface area contributed by atoms with Gasteiger partial charge in [-0.1, -0.05) is 18.2 Å². The van der Waals surface area contributed by atoms with Crippen LogP contribution in [0.5, 0.6) is 0 Å². The Hall–Kier alpha value is -1.61. The number of carbonyl (C=O) groups excluding carboxylic acids is 1. The van der Waals surface area contributed by atoms with Gasteiger partial charge in [-0.3, -0.25) is 4.79 Å². The van der Waals surface area contributed by atoms with Crippen LogP contribution in [0.1, 0.15) is 0 Å². The third-order valence-corrected chi connectivity index (χ3v) is 5.06. The molecule has 5 nitrogen and oxygen atoms in total. The van der Waals surface area contributed by atoms with E-state index in [1.165, 1.54) is 12.1 Å².